The second-order valence-corrected chi connectivity index (χ2v) is 5.79. The van der Waals surface area contributed by atoms with Crippen molar-refractivity contribution in [2.75, 3.05) is 5.32 Å². The Hall–Kier alpha value is -2.76. The zero-order chi connectivity index (χ0) is 16.7. The molecule has 0 aliphatic heterocycles. The highest BCUT2D eigenvalue weighted by molar-refractivity contribution is 6.11. The van der Waals surface area contributed by atoms with Gasteiger partial charge in [0.1, 0.15) is 11.3 Å². The fourth-order valence-electron chi connectivity index (χ4n) is 2.66. The number of rotatable bonds is 2. The molecule has 0 aromatic carbocycles. The molecule has 23 heavy (non-hydrogen) atoms. The summed E-state index contributed by atoms with van der Waals surface area (Å²) in [4.78, 5) is 26.0. The van der Waals surface area contributed by atoms with Gasteiger partial charge < -0.3 is 9.88 Å². The van der Waals surface area contributed by atoms with Crippen LogP contribution in [0, 0.1) is 27.7 Å². The number of nitrogens with one attached hydrogen (secondary N) is 1. The van der Waals surface area contributed by atoms with Gasteiger partial charge in [0.15, 0.2) is 5.65 Å². The number of anilines is 1. The van der Waals surface area contributed by atoms with Crippen LogP contribution in [-0.2, 0) is 7.05 Å². The maximum absolute atomic E-state index is 12.7. The molecule has 0 unspecified atom stereocenters. The number of hydrogen-bond acceptors (Lipinski definition) is 4. The van der Waals surface area contributed by atoms with Gasteiger partial charge in [-0.2, -0.15) is 0 Å². The maximum Gasteiger partial charge on any atom is 0.258 e. The average molecular weight is 309 g/mol. The summed E-state index contributed by atoms with van der Waals surface area (Å²) >= 11 is 0. The fourth-order valence-corrected chi connectivity index (χ4v) is 2.66. The lowest BCUT2D eigenvalue weighted by Crippen LogP contribution is -2.14. The molecule has 0 bridgehead atoms. The Bertz CT molecular complexity index is 906. The molecule has 0 fully saturated rings. The van der Waals surface area contributed by atoms with Crippen LogP contribution in [0.1, 0.15) is 33.3 Å². The van der Waals surface area contributed by atoms with Gasteiger partial charge in [0.05, 0.1) is 5.56 Å². The van der Waals surface area contributed by atoms with E-state index in [-0.39, 0.29) is 5.91 Å². The van der Waals surface area contributed by atoms with E-state index in [1.807, 2.05) is 51.4 Å². The Kier molecular flexibility index (Phi) is 3.60. The summed E-state index contributed by atoms with van der Waals surface area (Å²) in [5.41, 5.74) is 5.12. The highest BCUT2D eigenvalue weighted by Crippen LogP contribution is 2.20. The first kappa shape index (κ1) is 15.1. The van der Waals surface area contributed by atoms with Gasteiger partial charge in [-0.15, -0.1) is 0 Å². The van der Waals surface area contributed by atoms with Gasteiger partial charge in [-0.25, -0.2) is 9.97 Å². The summed E-state index contributed by atoms with van der Waals surface area (Å²) in [5, 5.41) is 2.93. The first-order valence-electron chi connectivity index (χ1n) is 7.42. The summed E-state index contributed by atoms with van der Waals surface area (Å²) in [7, 11) is 1.90. The third-order valence-corrected chi connectivity index (χ3v) is 3.76. The number of aryl methyl sites for hydroxylation is 5. The van der Waals surface area contributed by atoms with Gasteiger partial charge in [-0.05, 0) is 45.9 Å². The standard InChI is InChI=1S/C17H19N5O/c1-9-6-13(7-10(2)18-9)21-17(23)14-8-11(3)19-16-15(14)20-12(4)22(16)5/h6-8H,1-5H3,(H,18,21,23). The SMILES string of the molecule is Cc1cc(NC(=O)c2cc(C)nc3c2nc(C)n3C)cc(C)n1. The van der Waals surface area contributed by atoms with Crippen LogP contribution in [0.15, 0.2) is 18.2 Å². The second kappa shape index (κ2) is 5.46. The molecule has 1 amide bonds. The number of carbonyl (C=O) groups excluding carboxylic acids is 1. The van der Waals surface area contributed by atoms with Gasteiger partial charge in [0, 0.05) is 29.8 Å². The van der Waals surface area contributed by atoms with E-state index < -0.39 is 0 Å². The molecule has 6 heteroatoms. The van der Waals surface area contributed by atoms with E-state index in [1.165, 1.54) is 0 Å². The number of fused-ring (bicyclic) bond motifs is 1. The van der Waals surface area contributed by atoms with Gasteiger partial charge >= 0.3 is 0 Å². The molecule has 3 aromatic rings. The van der Waals surface area contributed by atoms with Crippen molar-refractivity contribution in [3.8, 4) is 0 Å². The quantitative estimate of drug-likeness (QED) is 0.790. The van der Waals surface area contributed by atoms with E-state index >= 15 is 0 Å². The summed E-state index contributed by atoms with van der Waals surface area (Å²) < 4.78 is 1.89. The highest BCUT2D eigenvalue weighted by atomic mass is 16.1. The minimum Gasteiger partial charge on any atom is -0.322 e. The number of pyridine rings is 2. The van der Waals surface area contributed by atoms with Crippen LogP contribution in [0.5, 0.6) is 0 Å². The lowest BCUT2D eigenvalue weighted by atomic mass is 10.2. The van der Waals surface area contributed by atoms with Crippen LogP contribution in [0.2, 0.25) is 0 Å². The molecule has 0 aliphatic carbocycles. The maximum atomic E-state index is 12.7. The lowest BCUT2D eigenvalue weighted by Gasteiger charge is -2.08. The van der Waals surface area contributed by atoms with Crippen LogP contribution in [-0.4, -0.2) is 25.4 Å². The smallest absolute Gasteiger partial charge is 0.258 e. The van der Waals surface area contributed by atoms with E-state index in [1.54, 1.807) is 6.07 Å². The molecule has 3 rings (SSSR count). The summed E-state index contributed by atoms with van der Waals surface area (Å²) in [6, 6.07) is 5.46. The molecule has 0 saturated heterocycles. The number of aromatic nitrogens is 4. The molecule has 1 N–H and O–H groups in total. The van der Waals surface area contributed by atoms with E-state index in [2.05, 4.69) is 20.3 Å². The Morgan fingerprint density at radius 3 is 2.22 bits per heavy atom. The molecular formula is C17H19N5O. The molecule has 118 valence electrons. The van der Waals surface area contributed by atoms with E-state index in [0.717, 1.165) is 34.2 Å². The van der Waals surface area contributed by atoms with E-state index in [9.17, 15) is 4.79 Å². The van der Waals surface area contributed by atoms with Crippen LogP contribution in [0.25, 0.3) is 11.2 Å². The van der Waals surface area contributed by atoms with Crippen molar-refractivity contribution in [3.63, 3.8) is 0 Å². The van der Waals surface area contributed by atoms with Crippen LogP contribution in [0.4, 0.5) is 5.69 Å². The summed E-state index contributed by atoms with van der Waals surface area (Å²) in [5.74, 6) is 0.631. The molecular weight excluding hydrogens is 290 g/mol. The van der Waals surface area contributed by atoms with Gasteiger partial charge in [-0.1, -0.05) is 0 Å². The third-order valence-electron chi connectivity index (χ3n) is 3.76. The topological polar surface area (TPSA) is 72.7 Å². The zero-order valence-electron chi connectivity index (χ0n) is 13.9. The van der Waals surface area contributed by atoms with Crippen LogP contribution >= 0.6 is 0 Å². The Morgan fingerprint density at radius 1 is 0.957 bits per heavy atom. The molecule has 0 radical (unpaired) electrons. The molecule has 0 atom stereocenters. The minimum atomic E-state index is -0.191. The second-order valence-electron chi connectivity index (χ2n) is 5.79. The number of amides is 1. The van der Waals surface area contributed by atoms with Crippen molar-refractivity contribution in [1.29, 1.82) is 0 Å². The van der Waals surface area contributed by atoms with E-state index in [0.29, 0.717) is 11.1 Å². The lowest BCUT2D eigenvalue weighted by molar-refractivity contribution is 0.102. The highest BCUT2D eigenvalue weighted by Gasteiger charge is 2.17. The molecule has 6 nitrogen and oxygen atoms in total. The minimum absolute atomic E-state index is 0.191. The monoisotopic (exact) mass is 309 g/mol. The number of nitrogens with zero attached hydrogens (tertiary/aromatic N) is 4. The van der Waals surface area contributed by atoms with Crippen molar-refractivity contribution in [3.05, 3.63) is 46.7 Å². The average Bonchev–Trinajstić information content (AvgIpc) is 2.73. The first-order chi connectivity index (χ1) is 10.8. The van der Waals surface area contributed by atoms with Crippen LogP contribution in [0.3, 0.4) is 0 Å². The Labute approximate surface area is 134 Å². The summed E-state index contributed by atoms with van der Waals surface area (Å²) in [6.07, 6.45) is 0. The predicted octanol–water partition coefficient (Wildman–Crippen LogP) is 2.85. The first-order valence-corrected chi connectivity index (χ1v) is 7.42. The van der Waals surface area contributed by atoms with Crippen molar-refractivity contribution in [1.82, 2.24) is 19.5 Å². The molecule has 3 aromatic heterocycles. The van der Waals surface area contributed by atoms with Crippen molar-refractivity contribution < 1.29 is 4.79 Å². The van der Waals surface area contributed by atoms with Gasteiger partial charge in [0.25, 0.3) is 5.91 Å². The number of hydrogen-bond donors (Lipinski definition) is 1. The number of carbonyl (C=O) groups is 1. The molecule has 0 saturated carbocycles. The zero-order valence-corrected chi connectivity index (χ0v) is 13.9. The largest absolute Gasteiger partial charge is 0.322 e. The van der Waals surface area contributed by atoms with Gasteiger partial charge in [-0.3, -0.25) is 9.78 Å². The number of imidazole rings is 1. The van der Waals surface area contributed by atoms with E-state index in [4.69, 9.17) is 0 Å². The third kappa shape index (κ3) is 2.79. The molecule has 0 spiro atoms. The van der Waals surface area contributed by atoms with Gasteiger partial charge in [0.2, 0.25) is 0 Å². The predicted molar refractivity (Wildman–Crippen MR) is 89.6 cm³/mol. The van der Waals surface area contributed by atoms with Crippen LogP contribution < -0.4 is 5.32 Å². The Morgan fingerprint density at radius 2 is 1.57 bits per heavy atom. The normalized spacial score (nSPS) is 11.0. The van der Waals surface area contributed by atoms with Crippen molar-refractivity contribution >= 4 is 22.8 Å². The Balaban J connectivity index is 2.05. The molecule has 0 aliphatic rings. The molecule has 3 heterocycles. The van der Waals surface area contributed by atoms with Crippen molar-refractivity contribution in [2.45, 2.75) is 27.7 Å². The van der Waals surface area contributed by atoms with Crippen molar-refractivity contribution in [2.24, 2.45) is 7.05 Å². The summed E-state index contributed by atoms with van der Waals surface area (Å²) in [6.45, 7) is 7.58. The fraction of sp³-hybridized carbons (Fsp3) is 0.294.